The van der Waals surface area contributed by atoms with Crippen molar-refractivity contribution in [2.24, 2.45) is 4.99 Å². The number of thioether (sulfide) groups is 1. The molecular formula is C10H10Cl2N2S. The lowest BCUT2D eigenvalue weighted by atomic mass is 10.3. The van der Waals surface area contributed by atoms with Crippen LogP contribution in [0.2, 0.25) is 10.0 Å². The van der Waals surface area contributed by atoms with Gasteiger partial charge in [-0.05, 0) is 24.6 Å². The van der Waals surface area contributed by atoms with Gasteiger partial charge in [-0.1, -0.05) is 35.0 Å². The van der Waals surface area contributed by atoms with Crippen LogP contribution < -0.4 is 5.32 Å². The number of hydrogen-bond donors (Lipinski definition) is 1. The maximum Gasteiger partial charge on any atom is 0.161 e. The Kier molecular flexibility index (Phi) is 3.78. The standard InChI is InChI=1S/C10H10Cl2N2S/c11-7-2-3-9(8(12)6-7)14-10-13-4-1-5-15-10/h2-3,6H,1,4-5H2,(H,13,14). The van der Waals surface area contributed by atoms with E-state index in [2.05, 4.69) is 10.3 Å². The number of aliphatic imine (C=N–C) groups is 1. The molecule has 1 aromatic carbocycles. The lowest BCUT2D eigenvalue weighted by molar-refractivity contribution is 0.938. The highest BCUT2D eigenvalue weighted by Gasteiger charge is 2.08. The monoisotopic (exact) mass is 260 g/mol. The topological polar surface area (TPSA) is 24.4 Å². The van der Waals surface area contributed by atoms with Crippen molar-refractivity contribution < 1.29 is 0 Å². The quantitative estimate of drug-likeness (QED) is 0.829. The SMILES string of the molecule is Clc1ccc(NC2=NCCCS2)c(Cl)c1. The van der Waals surface area contributed by atoms with Crippen molar-refractivity contribution in [1.29, 1.82) is 0 Å². The van der Waals surface area contributed by atoms with Crippen LogP contribution >= 0.6 is 35.0 Å². The molecule has 1 aromatic rings. The van der Waals surface area contributed by atoms with Gasteiger partial charge in [0, 0.05) is 17.3 Å². The fourth-order valence-corrected chi connectivity index (χ4v) is 2.53. The molecule has 1 aliphatic rings. The van der Waals surface area contributed by atoms with E-state index in [0.717, 1.165) is 29.6 Å². The van der Waals surface area contributed by atoms with Gasteiger partial charge in [-0.15, -0.1) is 0 Å². The molecule has 80 valence electrons. The molecular weight excluding hydrogens is 251 g/mol. The molecule has 2 rings (SSSR count). The maximum atomic E-state index is 6.04. The molecule has 1 heterocycles. The zero-order chi connectivity index (χ0) is 10.7. The van der Waals surface area contributed by atoms with E-state index in [0.29, 0.717) is 10.0 Å². The summed E-state index contributed by atoms with van der Waals surface area (Å²) in [5.74, 6) is 1.11. The molecule has 0 bridgehead atoms. The summed E-state index contributed by atoms with van der Waals surface area (Å²) in [7, 11) is 0. The second-order valence-electron chi connectivity index (χ2n) is 3.14. The Balaban J connectivity index is 2.13. The molecule has 2 nitrogen and oxygen atoms in total. The molecule has 0 spiro atoms. The first kappa shape index (κ1) is 11.1. The van der Waals surface area contributed by atoms with E-state index in [1.54, 1.807) is 17.8 Å². The van der Waals surface area contributed by atoms with E-state index < -0.39 is 0 Å². The van der Waals surface area contributed by atoms with Crippen LogP contribution in [0, 0.1) is 0 Å². The molecule has 0 saturated heterocycles. The molecule has 0 radical (unpaired) electrons. The van der Waals surface area contributed by atoms with Crippen LogP contribution in [-0.2, 0) is 0 Å². The first-order chi connectivity index (χ1) is 7.25. The Morgan fingerprint density at radius 2 is 2.20 bits per heavy atom. The summed E-state index contributed by atoms with van der Waals surface area (Å²) < 4.78 is 0. The summed E-state index contributed by atoms with van der Waals surface area (Å²) in [6.45, 7) is 0.889. The summed E-state index contributed by atoms with van der Waals surface area (Å²) in [6, 6.07) is 5.39. The van der Waals surface area contributed by atoms with E-state index in [-0.39, 0.29) is 0 Å². The molecule has 0 atom stereocenters. The largest absolute Gasteiger partial charge is 0.334 e. The number of rotatable bonds is 1. The van der Waals surface area contributed by atoms with Crippen LogP contribution in [0.3, 0.4) is 0 Å². The predicted molar refractivity (Wildman–Crippen MR) is 69.5 cm³/mol. The van der Waals surface area contributed by atoms with Crippen LogP contribution in [-0.4, -0.2) is 17.5 Å². The zero-order valence-corrected chi connectivity index (χ0v) is 10.3. The van der Waals surface area contributed by atoms with Gasteiger partial charge in [-0.25, -0.2) is 0 Å². The summed E-state index contributed by atoms with van der Waals surface area (Å²) in [5.41, 5.74) is 0.856. The van der Waals surface area contributed by atoms with Gasteiger partial charge < -0.3 is 5.32 Å². The van der Waals surface area contributed by atoms with Gasteiger partial charge in [-0.3, -0.25) is 4.99 Å². The molecule has 0 fully saturated rings. The minimum atomic E-state index is 0.622. The van der Waals surface area contributed by atoms with Gasteiger partial charge in [0.05, 0.1) is 10.7 Å². The molecule has 0 unspecified atom stereocenters. The second kappa shape index (κ2) is 5.10. The highest BCUT2D eigenvalue weighted by Crippen LogP contribution is 2.26. The van der Waals surface area contributed by atoms with Gasteiger partial charge in [0.1, 0.15) is 0 Å². The van der Waals surface area contributed by atoms with Crippen molar-refractivity contribution in [3.63, 3.8) is 0 Å². The van der Waals surface area contributed by atoms with Crippen molar-refractivity contribution in [2.75, 3.05) is 17.6 Å². The second-order valence-corrected chi connectivity index (χ2v) is 5.07. The Bertz CT molecular complexity index is 393. The third-order valence-electron chi connectivity index (χ3n) is 1.97. The predicted octanol–water partition coefficient (Wildman–Crippen LogP) is 3.90. The van der Waals surface area contributed by atoms with Crippen LogP contribution in [0.1, 0.15) is 6.42 Å². The molecule has 1 N–H and O–H groups in total. The van der Waals surface area contributed by atoms with Crippen molar-refractivity contribution in [3.8, 4) is 0 Å². The molecule has 15 heavy (non-hydrogen) atoms. The number of nitrogens with one attached hydrogen (secondary N) is 1. The van der Waals surface area contributed by atoms with E-state index in [1.807, 2.05) is 12.1 Å². The number of benzene rings is 1. The third-order valence-corrected chi connectivity index (χ3v) is 3.51. The number of nitrogens with zero attached hydrogens (tertiary/aromatic N) is 1. The molecule has 0 aromatic heterocycles. The van der Waals surface area contributed by atoms with Crippen molar-refractivity contribution in [1.82, 2.24) is 0 Å². The van der Waals surface area contributed by atoms with Crippen LogP contribution in [0.4, 0.5) is 5.69 Å². The average molecular weight is 261 g/mol. The van der Waals surface area contributed by atoms with Crippen LogP contribution in [0.15, 0.2) is 23.2 Å². The minimum Gasteiger partial charge on any atom is -0.334 e. The average Bonchev–Trinajstić information content (AvgIpc) is 2.24. The van der Waals surface area contributed by atoms with Crippen molar-refractivity contribution >= 4 is 45.8 Å². The van der Waals surface area contributed by atoms with Gasteiger partial charge in [0.15, 0.2) is 5.17 Å². The summed E-state index contributed by atoms with van der Waals surface area (Å²) >= 11 is 13.6. The fourth-order valence-electron chi connectivity index (χ4n) is 1.24. The Morgan fingerprint density at radius 1 is 1.33 bits per heavy atom. The maximum absolute atomic E-state index is 6.04. The smallest absolute Gasteiger partial charge is 0.161 e. The van der Waals surface area contributed by atoms with E-state index in [9.17, 15) is 0 Å². The van der Waals surface area contributed by atoms with Gasteiger partial charge in [0.2, 0.25) is 0 Å². The van der Waals surface area contributed by atoms with Gasteiger partial charge >= 0.3 is 0 Å². The molecule has 1 aliphatic heterocycles. The van der Waals surface area contributed by atoms with Crippen molar-refractivity contribution in [3.05, 3.63) is 28.2 Å². The molecule has 0 amide bonds. The number of anilines is 1. The lowest BCUT2D eigenvalue weighted by Gasteiger charge is -2.14. The highest BCUT2D eigenvalue weighted by molar-refractivity contribution is 8.14. The number of hydrogen-bond acceptors (Lipinski definition) is 3. The van der Waals surface area contributed by atoms with Gasteiger partial charge in [-0.2, -0.15) is 0 Å². The van der Waals surface area contributed by atoms with Crippen molar-refractivity contribution in [2.45, 2.75) is 6.42 Å². The Hall–Kier alpha value is -0.380. The number of halogens is 2. The lowest BCUT2D eigenvalue weighted by Crippen LogP contribution is -2.13. The van der Waals surface area contributed by atoms with Crippen LogP contribution in [0.25, 0.3) is 0 Å². The third kappa shape index (κ3) is 3.03. The Morgan fingerprint density at radius 3 is 2.87 bits per heavy atom. The van der Waals surface area contributed by atoms with E-state index >= 15 is 0 Å². The first-order valence-corrected chi connectivity index (χ1v) is 6.39. The molecule has 0 saturated carbocycles. The summed E-state index contributed by atoms with van der Waals surface area (Å²) in [5, 5.41) is 5.40. The Labute approximate surface area is 103 Å². The normalized spacial score (nSPS) is 16.0. The van der Waals surface area contributed by atoms with Gasteiger partial charge in [0.25, 0.3) is 0 Å². The van der Waals surface area contributed by atoms with Crippen LogP contribution in [0.5, 0.6) is 0 Å². The summed E-state index contributed by atoms with van der Waals surface area (Å²) in [6.07, 6.45) is 1.14. The van der Waals surface area contributed by atoms with E-state index in [4.69, 9.17) is 23.2 Å². The summed E-state index contributed by atoms with van der Waals surface area (Å²) in [4.78, 5) is 4.37. The minimum absolute atomic E-state index is 0.622. The zero-order valence-electron chi connectivity index (χ0n) is 7.96. The highest BCUT2D eigenvalue weighted by atomic mass is 35.5. The first-order valence-electron chi connectivity index (χ1n) is 4.65. The molecule has 0 aliphatic carbocycles. The molecule has 5 heteroatoms. The fraction of sp³-hybridized carbons (Fsp3) is 0.300. The number of amidine groups is 1. The van der Waals surface area contributed by atoms with E-state index in [1.165, 1.54) is 0 Å².